The Morgan fingerprint density at radius 1 is 1.13 bits per heavy atom. The van der Waals surface area contributed by atoms with Gasteiger partial charge in [-0.05, 0) is 19.9 Å². The highest BCUT2D eigenvalue weighted by molar-refractivity contribution is 5.49. The number of aryl methyl sites for hydroxylation is 2. The summed E-state index contributed by atoms with van der Waals surface area (Å²) in [6.07, 6.45) is 5.55. The molecule has 15 heavy (non-hydrogen) atoms. The number of hydrogen-bond donors (Lipinski definition) is 1. The lowest BCUT2D eigenvalue weighted by atomic mass is 10.3. The van der Waals surface area contributed by atoms with Crippen molar-refractivity contribution in [1.29, 1.82) is 0 Å². The molecule has 0 aliphatic rings. The zero-order valence-corrected chi connectivity index (χ0v) is 10.9. The first kappa shape index (κ1) is 16.1. The van der Waals surface area contributed by atoms with Gasteiger partial charge in [-0.15, -0.1) is 0 Å². The van der Waals surface area contributed by atoms with Crippen LogP contribution in [0, 0.1) is 13.8 Å². The van der Waals surface area contributed by atoms with Crippen molar-refractivity contribution in [2.45, 2.75) is 41.5 Å². The molecule has 1 rings (SSSR count). The summed E-state index contributed by atoms with van der Waals surface area (Å²) in [5, 5.41) is 0. The number of allylic oxidation sites excluding steroid dienone is 2. The summed E-state index contributed by atoms with van der Waals surface area (Å²) in [6.45, 7) is 15.5. The van der Waals surface area contributed by atoms with Crippen LogP contribution in [-0.4, -0.2) is 9.97 Å². The minimum atomic E-state index is 0.950. The van der Waals surface area contributed by atoms with Crippen LogP contribution in [0.4, 0.5) is 0 Å². The molecular formula is C13H24N2. The summed E-state index contributed by atoms with van der Waals surface area (Å²) in [5.41, 5.74) is 2.09. The molecule has 0 spiro atoms. The molecule has 1 heterocycles. The number of rotatable bonds is 2. The van der Waals surface area contributed by atoms with Crippen LogP contribution >= 0.6 is 0 Å². The Kier molecular flexibility index (Phi) is 11.6. The molecule has 2 heteroatoms. The zero-order chi connectivity index (χ0) is 12.3. The van der Waals surface area contributed by atoms with Crippen molar-refractivity contribution in [3.8, 4) is 0 Å². The molecule has 0 radical (unpaired) electrons. The van der Waals surface area contributed by atoms with Crippen molar-refractivity contribution in [3.63, 3.8) is 0 Å². The van der Waals surface area contributed by atoms with Crippen LogP contribution in [-0.2, 0) is 0 Å². The molecule has 0 aromatic carbocycles. The van der Waals surface area contributed by atoms with Crippen LogP contribution in [0.2, 0.25) is 0 Å². The number of imidazole rings is 1. The number of nitrogens with one attached hydrogen (secondary N) is 1. The van der Waals surface area contributed by atoms with Crippen LogP contribution in [0.1, 0.15) is 44.9 Å². The van der Waals surface area contributed by atoms with E-state index in [0.717, 1.165) is 17.2 Å². The number of hydrogen-bond acceptors (Lipinski definition) is 1. The van der Waals surface area contributed by atoms with Crippen molar-refractivity contribution < 1.29 is 0 Å². The van der Waals surface area contributed by atoms with Crippen molar-refractivity contribution in [2.75, 3.05) is 0 Å². The van der Waals surface area contributed by atoms with Gasteiger partial charge in [0.25, 0.3) is 0 Å². The van der Waals surface area contributed by atoms with Crippen LogP contribution in [0.25, 0.3) is 6.08 Å². The van der Waals surface area contributed by atoms with Crippen molar-refractivity contribution in [3.05, 3.63) is 35.9 Å². The molecule has 0 aliphatic carbocycles. The lowest BCUT2D eigenvalue weighted by Crippen LogP contribution is -1.74. The van der Waals surface area contributed by atoms with Gasteiger partial charge in [0.15, 0.2) is 0 Å². The Labute approximate surface area is 94.1 Å². The van der Waals surface area contributed by atoms with E-state index in [4.69, 9.17) is 0 Å². The van der Waals surface area contributed by atoms with Gasteiger partial charge >= 0.3 is 0 Å². The smallest absolute Gasteiger partial charge is 0.103 e. The van der Waals surface area contributed by atoms with E-state index in [2.05, 4.69) is 16.5 Å². The number of aromatic nitrogens is 2. The minimum Gasteiger partial charge on any atom is -0.346 e. The first-order chi connectivity index (χ1) is 7.24. The Morgan fingerprint density at radius 3 is 2.00 bits per heavy atom. The molecular weight excluding hydrogens is 184 g/mol. The van der Waals surface area contributed by atoms with Gasteiger partial charge in [-0.25, -0.2) is 4.98 Å². The molecule has 2 nitrogen and oxygen atoms in total. The second kappa shape index (κ2) is 10.8. The van der Waals surface area contributed by atoms with Crippen molar-refractivity contribution in [1.82, 2.24) is 9.97 Å². The first-order valence-corrected chi connectivity index (χ1v) is 5.56. The third-order valence-electron chi connectivity index (χ3n) is 1.43. The lowest BCUT2D eigenvalue weighted by molar-refractivity contribution is 1.13. The molecule has 1 aromatic heterocycles. The highest BCUT2D eigenvalue weighted by atomic mass is 14.9. The van der Waals surface area contributed by atoms with E-state index in [0.29, 0.717) is 0 Å². The Hall–Kier alpha value is -1.31. The van der Waals surface area contributed by atoms with Crippen molar-refractivity contribution in [2.24, 2.45) is 0 Å². The molecule has 0 aliphatic heterocycles. The molecule has 0 saturated heterocycles. The molecule has 0 atom stereocenters. The minimum absolute atomic E-state index is 0.950. The van der Waals surface area contributed by atoms with Gasteiger partial charge in [-0.3, -0.25) is 0 Å². The van der Waals surface area contributed by atoms with Crippen LogP contribution in [0.3, 0.4) is 0 Å². The summed E-state index contributed by atoms with van der Waals surface area (Å²) in [6, 6.07) is 0. The van der Waals surface area contributed by atoms with E-state index in [9.17, 15) is 0 Å². The topological polar surface area (TPSA) is 28.7 Å². The highest BCUT2D eigenvalue weighted by Crippen LogP contribution is 2.05. The quantitative estimate of drug-likeness (QED) is 0.722. The van der Waals surface area contributed by atoms with Crippen molar-refractivity contribution >= 4 is 6.08 Å². The largest absolute Gasteiger partial charge is 0.346 e. The fourth-order valence-corrected chi connectivity index (χ4v) is 0.949. The Morgan fingerprint density at radius 2 is 1.67 bits per heavy atom. The summed E-state index contributed by atoms with van der Waals surface area (Å²) in [4.78, 5) is 7.38. The normalized spacial score (nSPS) is 8.67. The van der Waals surface area contributed by atoms with E-state index in [1.165, 1.54) is 0 Å². The fourth-order valence-electron chi connectivity index (χ4n) is 0.949. The Balaban J connectivity index is 0. The van der Waals surface area contributed by atoms with E-state index in [-0.39, 0.29) is 0 Å². The average molecular weight is 208 g/mol. The average Bonchev–Trinajstić information content (AvgIpc) is 2.60. The molecule has 1 N–H and O–H groups in total. The van der Waals surface area contributed by atoms with Gasteiger partial charge in [-0.1, -0.05) is 46.4 Å². The second-order valence-corrected chi connectivity index (χ2v) is 2.43. The number of aromatic amines is 1. The van der Waals surface area contributed by atoms with E-state index in [1.807, 2.05) is 53.7 Å². The zero-order valence-electron chi connectivity index (χ0n) is 10.9. The van der Waals surface area contributed by atoms with Gasteiger partial charge < -0.3 is 4.98 Å². The van der Waals surface area contributed by atoms with Crippen LogP contribution in [0.5, 0.6) is 0 Å². The van der Waals surface area contributed by atoms with E-state index in [1.54, 1.807) is 6.08 Å². The van der Waals surface area contributed by atoms with Gasteiger partial charge in [0.05, 0.1) is 5.69 Å². The number of nitrogens with zero attached hydrogens (tertiary/aromatic N) is 1. The maximum atomic E-state index is 4.26. The summed E-state index contributed by atoms with van der Waals surface area (Å²) in [7, 11) is 0. The predicted octanol–water partition coefficient (Wildman–Crippen LogP) is 4.28. The molecule has 0 unspecified atom stereocenters. The molecule has 1 aromatic rings. The van der Waals surface area contributed by atoms with Crippen LogP contribution in [0.15, 0.2) is 18.7 Å². The Bertz CT molecular complexity index is 283. The molecule has 0 amide bonds. The summed E-state index contributed by atoms with van der Waals surface area (Å²) >= 11 is 0. The van der Waals surface area contributed by atoms with Gasteiger partial charge in [0.2, 0.25) is 0 Å². The van der Waals surface area contributed by atoms with Gasteiger partial charge in [0.1, 0.15) is 5.82 Å². The molecule has 86 valence electrons. The SMILES string of the molecule is C=C/C=C\c1nc(C)[nH]c1C.CC.CC. The third kappa shape index (κ3) is 6.72. The maximum Gasteiger partial charge on any atom is 0.103 e. The summed E-state index contributed by atoms with van der Waals surface area (Å²) < 4.78 is 0. The lowest BCUT2D eigenvalue weighted by Gasteiger charge is -1.83. The van der Waals surface area contributed by atoms with Gasteiger partial charge in [0, 0.05) is 5.69 Å². The first-order valence-electron chi connectivity index (χ1n) is 5.56. The van der Waals surface area contributed by atoms with E-state index < -0.39 is 0 Å². The predicted molar refractivity (Wildman–Crippen MR) is 70.0 cm³/mol. The maximum absolute atomic E-state index is 4.26. The molecule has 0 fully saturated rings. The monoisotopic (exact) mass is 208 g/mol. The molecule has 0 bridgehead atoms. The van der Waals surface area contributed by atoms with Gasteiger partial charge in [-0.2, -0.15) is 0 Å². The third-order valence-corrected chi connectivity index (χ3v) is 1.43. The standard InChI is InChI=1S/C9H12N2.2C2H6/c1-4-5-6-9-7(2)10-8(3)11-9;2*1-2/h4-6H,1H2,2-3H3,(H,10,11);2*1-2H3/b6-5-;;. The highest BCUT2D eigenvalue weighted by Gasteiger charge is 1.97. The second-order valence-electron chi connectivity index (χ2n) is 2.43. The van der Waals surface area contributed by atoms with E-state index >= 15 is 0 Å². The summed E-state index contributed by atoms with van der Waals surface area (Å²) in [5.74, 6) is 0.950. The molecule has 0 saturated carbocycles. The van der Waals surface area contributed by atoms with Crippen LogP contribution < -0.4 is 0 Å². The fraction of sp³-hybridized carbons (Fsp3) is 0.462. The number of H-pyrrole nitrogens is 1.